The molecule has 2 amide bonds. The van der Waals surface area contributed by atoms with Gasteiger partial charge in [0.15, 0.2) is 5.78 Å². The molecule has 104 valence electrons. The van der Waals surface area contributed by atoms with Crippen LogP contribution in [0, 0.1) is 0 Å². The number of carbonyl (C=O) groups is 2. The Hall–Kier alpha value is -2.14. The number of ketones is 1. The van der Waals surface area contributed by atoms with E-state index in [2.05, 4.69) is 10.6 Å². The highest BCUT2D eigenvalue weighted by molar-refractivity contribution is 7.14. The molecule has 0 saturated heterocycles. The highest BCUT2D eigenvalue weighted by Gasteiger charge is 2.05. The van der Waals surface area contributed by atoms with Crippen LogP contribution < -0.4 is 10.6 Å². The zero-order valence-electron chi connectivity index (χ0n) is 11.2. The molecule has 0 unspecified atom stereocenters. The lowest BCUT2D eigenvalue weighted by atomic mass is 10.3. The molecular formula is C15H16N2O2S. The smallest absolute Gasteiger partial charge is 0.319 e. The lowest BCUT2D eigenvalue weighted by molar-refractivity contribution is 0.102. The Labute approximate surface area is 121 Å². The second-order valence-electron chi connectivity index (χ2n) is 4.32. The van der Waals surface area contributed by atoms with Crippen LogP contribution in [0.15, 0.2) is 42.5 Å². The van der Waals surface area contributed by atoms with E-state index in [0.717, 1.165) is 21.9 Å². The molecular weight excluding hydrogens is 272 g/mol. The normalized spacial score (nSPS) is 10.1. The van der Waals surface area contributed by atoms with E-state index >= 15 is 0 Å². The largest absolute Gasteiger partial charge is 0.338 e. The highest BCUT2D eigenvalue weighted by atomic mass is 32.1. The van der Waals surface area contributed by atoms with Crippen LogP contribution >= 0.6 is 11.3 Å². The number of carbonyl (C=O) groups excluding carboxylic acids is 2. The molecule has 0 aliphatic carbocycles. The molecule has 2 rings (SSSR count). The molecule has 0 spiro atoms. The van der Waals surface area contributed by atoms with Crippen molar-refractivity contribution in [3.05, 3.63) is 52.2 Å². The van der Waals surface area contributed by atoms with Crippen molar-refractivity contribution in [2.45, 2.75) is 13.3 Å². The summed E-state index contributed by atoms with van der Waals surface area (Å²) in [5.41, 5.74) is 0.764. The predicted octanol–water partition coefficient (Wildman–Crippen LogP) is 3.31. The van der Waals surface area contributed by atoms with Gasteiger partial charge in [-0.15, -0.1) is 11.3 Å². The van der Waals surface area contributed by atoms with Gasteiger partial charge in [-0.05, 0) is 37.6 Å². The molecule has 1 aromatic heterocycles. The van der Waals surface area contributed by atoms with Crippen molar-refractivity contribution in [3.8, 4) is 0 Å². The Balaban J connectivity index is 1.75. The first kappa shape index (κ1) is 14.3. The maximum absolute atomic E-state index is 11.6. The fraction of sp³-hybridized carbons (Fsp3) is 0.200. The Bertz CT molecular complexity index is 593. The molecule has 0 atom stereocenters. The third kappa shape index (κ3) is 4.20. The van der Waals surface area contributed by atoms with Crippen LogP contribution in [0.3, 0.4) is 0 Å². The highest BCUT2D eigenvalue weighted by Crippen LogP contribution is 2.17. The third-order valence-electron chi connectivity index (χ3n) is 2.70. The summed E-state index contributed by atoms with van der Waals surface area (Å²) < 4.78 is 0. The average molecular weight is 288 g/mol. The Kier molecular flexibility index (Phi) is 4.90. The first-order chi connectivity index (χ1) is 9.65. The van der Waals surface area contributed by atoms with Crippen LogP contribution in [0.5, 0.6) is 0 Å². The second-order valence-corrected chi connectivity index (χ2v) is 5.49. The van der Waals surface area contributed by atoms with Crippen molar-refractivity contribution in [3.63, 3.8) is 0 Å². The van der Waals surface area contributed by atoms with Gasteiger partial charge in [-0.2, -0.15) is 0 Å². The summed E-state index contributed by atoms with van der Waals surface area (Å²) in [6, 6.07) is 12.8. The molecule has 5 heteroatoms. The summed E-state index contributed by atoms with van der Waals surface area (Å²) in [5, 5.41) is 5.54. The maximum atomic E-state index is 11.6. The monoisotopic (exact) mass is 288 g/mol. The minimum Gasteiger partial charge on any atom is -0.338 e. The van der Waals surface area contributed by atoms with Gasteiger partial charge in [0.1, 0.15) is 0 Å². The van der Waals surface area contributed by atoms with Crippen LogP contribution in [0.25, 0.3) is 0 Å². The van der Waals surface area contributed by atoms with Crippen molar-refractivity contribution < 1.29 is 9.59 Å². The van der Waals surface area contributed by atoms with Crippen LogP contribution in [-0.2, 0) is 6.42 Å². The standard InChI is InChI=1S/C15H16N2O2S/c1-11(18)14-8-7-13(20-14)9-10-16-15(19)17-12-5-3-2-4-6-12/h2-8H,9-10H2,1H3,(H2,16,17,19). The van der Waals surface area contributed by atoms with Gasteiger partial charge in [-0.25, -0.2) is 4.79 Å². The topological polar surface area (TPSA) is 58.2 Å². The van der Waals surface area contributed by atoms with Crippen LogP contribution in [0.1, 0.15) is 21.5 Å². The first-order valence-electron chi connectivity index (χ1n) is 6.34. The van der Waals surface area contributed by atoms with E-state index in [0.29, 0.717) is 6.54 Å². The second kappa shape index (κ2) is 6.86. The molecule has 2 N–H and O–H groups in total. The van der Waals surface area contributed by atoms with Gasteiger partial charge in [0, 0.05) is 17.1 Å². The van der Waals surface area contributed by atoms with Gasteiger partial charge in [0.2, 0.25) is 0 Å². The molecule has 0 radical (unpaired) electrons. The summed E-state index contributed by atoms with van der Waals surface area (Å²) in [7, 11) is 0. The van der Waals surface area contributed by atoms with E-state index in [9.17, 15) is 9.59 Å². The van der Waals surface area contributed by atoms with E-state index in [1.807, 2.05) is 42.5 Å². The SMILES string of the molecule is CC(=O)c1ccc(CCNC(=O)Nc2ccccc2)s1. The lowest BCUT2D eigenvalue weighted by Crippen LogP contribution is -2.30. The number of thiophene rings is 1. The summed E-state index contributed by atoms with van der Waals surface area (Å²) in [6.07, 6.45) is 0.722. The van der Waals surface area contributed by atoms with E-state index in [1.165, 1.54) is 11.3 Å². The van der Waals surface area contributed by atoms with Crippen molar-refractivity contribution in [1.29, 1.82) is 0 Å². The van der Waals surface area contributed by atoms with Gasteiger partial charge in [0.05, 0.1) is 4.88 Å². The summed E-state index contributed by atoms with van der Waals surface area (Å²) in [4.78, 5) is 24.7. The number of rotatable bonds is 5. The molecule has 2 aromatic rings. The van der Waals surface area contributed by atoms with Gasteiger partial charge >= 0.3 is 6.03 Å². The third-order valence-corrected chi connectivity index (χ3v) is 3.94. The Morgan fingerprint density at radius 1 is 1.10 bits per heavy atom. The molecule has 1 aromatic carbocycles. The molecule has 0 aliphatic heterocycles. The number of benzene rings is 1. The zero-order chi connectivity index (χ0) is 14.4. The number of hydrogen-bond donors (Lipinski definition) is 2. The van der Waals surface area contributed by atoms with E-state index in [-0.39, 0.29) is 11.8 Å². The summed E-state index contributed by atoms with van der Waals surface area (Å²) in [6.45, 7) is 2.09. The van der Waals surface area contributed by atoms with Crippen molar-refractivity contribution in [2.24, 2.45) is 0 Å². The fourth-order valence-electron chi connectivity index (χ4n) is 1.70. The van der Waals surface area contributed by atoms with E-state index in [1.54, 1.807) is 6.92 Å². The molecule has 4 nitrogen and oxygen atoms in total. The van der Waals surface area contributed by atoms with Crippen LogP contribution in [0.2, 0.25) is 0 Å². The summed E-state index contributed by atoms with van der Waals surface area (Å²) >= 11 is 1.48. The number of anilines is 1. The van der Waals surface area contributed by atoms with Gasteiger partial charge in [0.25, 0.3) is 0 Å². The minimum atomic E-state index is -0.223. The number of hydrogen-bond acceptors (Lipinski definition) is 3. The van der Waals surface area contributed by atoms with Crippen molar-refractivity contribution in [2.75, 3.05) is 11.9 Å². The van der Waals surface area contributed by atoms with E-state index in [4.69, 9.17) is 0 Å². The average Bonchev–Trinajstić information content (AvgIpc) is 2.89. The molecule has 0 aliphatic rings. The molecule has 0 saturated carbocycles. The number of para-hydroxylation sites is 1. The van der Waals surface area contributed by atoms with Crippen LogP contribution in [-0.4, -0.2) is 18.4 Å². The van der Waals surface area contributed by atoms with Gasteiger partial charge in [-0.3, -0.25) is 4.79 Å². The molecule has 1 heterocycles. The van der Waals surface area contributed by atoms with Gasteiger partial charge < -0.3 is 10.6 Å². The maximum Gasteiger partial charge on any atom is 0.319 e. The zero-order valence-corrected chi connectivity index (χ0v) is 12.0. The first-order valence-corrected chi connectivity index (χ1v) is 7.16. The number of nitrogens with one attached hydrogen (secondary N) is 2. The molecule has 0 fully saturated rings. The quantitative estimate of drug-likeness (QED) is 0.829. The minimum absolute atomic E-state index is 0.0797. The van der Waals surface area contributed by atoms with Crippen LogP contribution in [0.4, 0.5) is 10.5 Å². The fourth-order valence-corrected chi connectivity index (χ4v) is 2.60. The number of Topliss-reactive ketones (excluding diaryl/α,β-unsaturated/α-hetero) is 1. The Morgan fingerprint density at radius 3 is 2.50 bits per heavy atom. The Morgan fingerprint density at radius 2 is 1.85 bits per heavy atom. The van der Waals surface area contributed by atoms with Crippen molar-refractivity contribution in [1.82, 2.24) is 5.32 Å². The van der Waals surface area contributed by atoms with Crippen molar-refractivity contribution >= 4 is 28.8 Å². The lowest BCUT2D eigenvalue weighted by Gasteiger charge is -2.06. The molecule has 20 heavy (non-hydrogen) atoms. The predicted molar refractivity (Wildman–Crippen MR) is 81.5 cm³/mol. The van der Waals surface area contributed by atoms with Gasteiger partial charge in [-0.1, -0.05) is 18.2 Å². The van der Waals surface area contributed by atoms with E-state index < -0.39 is 0 Å². The number of amides is 2. The molecule has 0 bridgehead atoms. The summed E-state index contributed by atoms with van der Waals surface area (Å²) in [5.74, 6) is 0.0797. The number of urea groups is 1.